The van der Waals surface area contributed by atoms with Crippen LogP contribution in [0, 0.1) is 5.41 Å². The Balaban J connectivity index is 2.28. The van der Waals surface area contributed by atoms with Gasteiger partial charge in [0.15, 0.2) is 6.23 Å². The molecule has 2 rings (SSSR count). The van der Waals surface area contributed by atoms with E-state index in [0.29, 0.717) is 5.69 Å². The zero-order chi connectivity index (χ0) is 14.0. The number of hydrogen-bond acceptors (Lipinski definition) is 7. The van der Waals surface area contributed by atoms with Gasteiger partial charge in [0, 0.05) is 18.8 Å². The van der Waals surface area contributed by atoms with Crippen molar-refractivity contribution in [3.8, 4) is 0 Å². The van der Waals surface area contributed by atoms with Crippen molar-refractivity contribution < 1.29 is 20.1 Å². The molecule has 1 aromatic rings. The van der Waals surface area contributed by atoms with Crippen molar-refractivity contribution in [1.29, 1.82) is 5.41 Å². The number of aliphatic hydroxyl groups is 3. The minimum absolute atomic E-state index is 0.242. The monoisotopic (exact) mass is 269 g/mol. The van der Waals surface area contributed by atoms with E-state index in [0.717, 1.165) is 10.8 Å². The highest BCUT2D eigenvalue weighted by atomic mass is 16.6. The number of hydrogen-bond donors (Lipinski definition) is 4. The summed E-state index contributed by atoms with van der Waals surface area (Å²) in [7, 11) is 0. The lowest BCUT2D eigenvalue weighted by atomic mass is 10.1. The molecule has 0 amide bonds. The van der Waals surface area contributed by atoms with Crippen molar-refractivity contribution in [2.45, 2.75) is 31.0 Å². The maximum atomic E-state index is 11.8. The first-order valence-corrected chi connectivity index (χ1v) is 5.78. The summed E-state index contributed by atoms with van der Waals surface area (Å²) < 4.78 is 6.28. The van der Waals surface area contributed by atoms with Crippen molar-refractivity contribution in [1.82, 2.24) is 9.55 Å². The van der Waals surface area contributed by atoms with E-state index in [4.69, 9.17) is 15.3 Å². The maximum Gasteiger partial charge on any atom is 0.350 e. The molecule has 0 aliphatic carbocycles. The molecule has 1 fully saturated rings. The average Bonchev–Trinajstić information content (AvgIpc) is 2.67. The van der Waals surface area contributed by atoms with Gasteiger partial charge in [-0.1, -0.05) is 0 Å². The van der Waals surface area contributed by atoms with Crippen molar-refractivity contribution in [3.63, 3.8) is 0 Å². The topological polar surface area (TPSA) is 129 Å². The summed E-state index contributed by atoms with van der Waals surface area (Å²) in [6.07, 6.45) is -1.85. The Morgan fingerprint density at radius 1 is 1.47 bits per heavy atom. The van der Waals surface area contributed by atoms with E-state index >= 15 is 0 Å². The zero-order valence-electron chi connectivity index (χ0n) is 10.0. The Labute approximate surface area is 108 Å². The van der Waals surface area contributed by atoms with Crippen LogP contribution in [0.15, 0.2) is 17.1 Å². The third-order valence-electron chi connectivity index (χ3n) is 2.99. The maximum absolute atomic E-state index is 11.8. The van der Waals surface area contributed by atoms with Gasteiger partial charge in [0.05, 0.1) is 12.3 Å². The summed E-state index contributed by atoms with van der Waals surface area (Å²) in [5.74, 6) is 0. The van der Waals surface area contributed by atoms with Crippen LogP contribution in [-0.4, -0.2) is 56.0 Å². The van der Waals surface area contributed by atoms with Crippen LogP contribution in [0.25, 0.3) is 0 Å². The first-order chi connectivity index (χ1) is 9.08. The third-order valence-corrected chi connectivity index (χ3v) is 2.99. The van der Waals surface area contributed by atoms with E-state index in [2.05, 4.69) is 4.98 Å². The molecule has 0 saturated carbocycles. The first kappa shape index (κ1) is 13.8. The Hall–Kier alpha value is -1.61. The molecule has 1 aliphatic heterocycles. The first-order valence-electron chi connectivity index (χ1n) is 5.78. The quantitative estimate of drug-likeness (QED) is 0.470. The Morgan fingerprint density at radius 2 is 2.21 bits per heavy atom. The van der Waals surface area contributed by atoms with Crippen molar-refractivity contribution in [2.75, 3.05) is 6.61 Å². The number of nitrogens with zero attached hydrogens (tertiary/aromatic N) is 2. The lowest BCUT2D eigenvalue weighted by Gasteiger charge is -2.17. The summed E-state index contributed by atoms with van der Waals surface area (Å²) in [6, 6.07) is 1.53. The molecule has 2 heterocycles. The molecule has 0 bridgehead atoms. The van der Waals surface area contributed by atoms with E-state index in [1.807, 2.05) is 0 Å². The highest BCUT2D eigenvalue weighted by Crippen LogP contribution is 2.27. The lowest BCUT2D eigenvalue weighted by Crippen LogP contribution is -2.36. The molecule has 8 heteroatoms. The fourth-order valence-corrected chi connectivity index (χ4v) is 1.97. The normalized spacial score (nSPS) is 30.5. The van der Waals surface area contributed by atoms with E-state index in [9.17, 15) is 15.0 Å². The van der Waals surface area contributed by atoms with Gasteiger partial charge in [-0.15, -0.1) is 0 Å². The van der Waals surface area contributed by atoms with Gasteiger partial charge in [0.2, 0.25) is 0 Å². The van der Waals surface area contributed by atoms with Crippen molar-refractivity contribution in [3.05, 3.63) is 28.4 Å². The van der Waals surface area contributed by atoms with E-state index in [-0.39, 0.29) is 6.42 Å². The second-order valence-electron chi connectivity index (χ2n) is 4.25. The van der Waals surface area contributed by atoms with Crippen LogP contribution in [0.3, 0.4) is 0 Å². The second-order valence-corrected chi connectivity index (χ2v) is 4.25. The minimum atomic E-state index is -1.31. The Kier molecular flexibility index (Phi) is 4.05. The molecule has 0 spiro atoms. The average molecular weight is 269 g/mol. The van der Waals surface area contributed by atoms with Crippen LogP contribution < -0.4 is 5.69 Å². The number of aromatic nitrogens is 2. The molecular formula is C11H15N3O5. The SMILES string of the molecule is N=CCc1ccn([C@@H]2O[C@H](CO)[C@@H](O)[C@H]2O)c(=O)n1. The number of rotatable bonds is 4. The van der Waals surface area contributed by atoms with Crippen LogP contribution in [0.4, 0.5) is 0 Å². The molecule has 1 saturated heterocycles. The highest BCUT2D eigenvalue weighted by Gasteiger charge is 2.43. The molecule has 4 atom stereocenters. The summed E-state index contributed by atoms with van der Waals surface area (Å²) >= 11 is 0. The standard InChI is InChI=1S/C11H15N3O5/c12-3-1-6-2-4-14(11(18)13-6)10-9(17)8(16)7(5-15)19-10/h2-4,7-10,12,15-17H,1,5H2/t7-,8-,9-,10-/m1/s1. The van der Waals surface area contributed by atoms with Crippen molar-refractivity contribution >= 4 is 6.21 Å². The molecule has 0 aromatic carbocycles. The largest absolute Gasteiger partial charge is 0.394 e. The number of nitrogens with one attached hydrogen (secondary N) is 1. The molecule has 104 valence electrons. The summed E-state index contributed by atoms with van der Waals surface area (Å²) in [5, 5.41) is 35.3. The van der Waals surface area contributed by atoms with Gasteiger partial charge >= 0.3 is 5.69 Å². The van der Waals surface area contributed by atoms with E-state index in [1.165, 1.54) is 12.3 Å². The van der Waals surface area contributed by atoms with Gasteiger partial charge in [-0.3, -0.25) is 4.57 Å². The molecule has 0 radical (unpaired) electrons. The predicted octanol–water partition coefficient (Wildman–Crippen LogP) is -1.95. The molecule has 1 aromatic heterocycles. The molecule has 8 nitrogen and oxygen atoms in total. The van der Waals surface area contributed by atoms with E-state index in [1.54, 1.807) is 0 Å². The Bertz CT molecular complexity index is 517. The molecule has 1 aliphatic rings. The zero-order valence-corrected chi connectivity index (χ0v) is 10.0. The van der Waals surface area contributed by atoms with Gasteiger partial charge in [0.25, 0.3) is 0 Å². The van der Waals surface area contributed by atoms with Gasteiger partial charge in [0.1, 0.15) is 18.3 Å². The van der Waals surface area contributed by atoms with Gasteiger partial charge in [-0.2, -0.15) is 4.98 Å². The smallest absolute Gasteiger partial charge is 0.350 e. The van der Waals surface area contributed by atoms with E-state index < -0.39 is 36.8 Å². The molecule has 4 N–H and O–H groups in total. The lowest BCUT2D eigenvalue weighted by molar-refractivity contribution is -0.0550. The van der Waals surface area contributed by atoms with Gasteiger partial charge < -0.3 is 25.5 Å². The van der Waals surface area contributed by atoms with Crippen LogP contribution in [0.1, 0.15) is 11.9 Å². The minimum Gasteiger partial charge on any atom is -0.394 e. The predicted molar refractivity (Wildman–Crippen MR) is 64.0 cm³/mol. The van der Waals surface area contributed by atoms with Crippen molar-refractivity contribution in [2.24, 2.45) is 0 Å². The fraction of sp³-hybridized carbons (Fsp3) is 0.545. The molecule has 19 heavy (non-hydrogen) atoms. The van der Waals surface area contributed by atoms with Crippen LogP contribution in [0.2, 0.25) is 0 Å². The number of ether oxygens (including phenoxy) is 1. The van der Waals surface area contributed by atoms with Gasteiger partial charge in [-0.05, 0) is 6.07 Å². The number of aliphatic hydroxyl groups excluding tert-OH is 3. The molecule has 0 unspecified atom stereocenters. The fourth-order valence-electron chi connectivity index (χ4n) is 1.97. The summed E-state index contributed by atoms with van der Waals surface area (Å²) in [4.78, 5) is 15.5. The summed E-state index contributed by atoms with van der Waals surface area (Å²) in [5.41, 5.74) is -0.211. The third kappa shape index (κ3) is 2.56. The molecular weight excluding hydrogens is 254 g/mol. The summed E-state index contributed by atoms with van der Waals surface area (Å²) in [6.45, 7) is -0.456. The van der Waals surface area contributed by atoms with Crippen LogP contribution >= 0.6 is 0 Å². The van der Waals surface area contributed by atoms with Gasteiger partial charge in [-0.25, -0.2) is 4.79 Å². The second kappa shape index (κ2) is 5.57. The highest BCUT2D eigenvalue weighted by molar-refractivity contribution is 5.56. The Morgan fingerprint density at radius 3 is 2.74 bits per heavy atom. The van der Waals surface area contributed by atoms with Crippen LogP contribution in [0.5, 0.6) is 0 Å². The van der Waals surface area contributed by atoms with Crippen LogP contribution in [-0.2, 0) is 11.2 Å².